The smallest absolute Gasteiger partial charge is 0.0570 e. The first-order chi connectivity index (χ1) is 9.11. The lowest BCUT2D eigenvalue weighted by Crippen LogP contribution is -2.35. The molecule has 1 saturated carbocycles. The molecule has 2 heteroatoms. The number of hydrogen-bond acceptors (Lipinski definition) is 2. The van der Waals surface area contributed by atoms with Crippen molar-refractivity contribution in [3.63, 3.8) is 0 Å². The maximum absolute atomic E-state index is 4.45. The fraction of sp³-hybridized carbons (Fsp3) is 0.706. The van der Waals surface area contributed by atoms with E-state index in [0.29, 0.717) is 11.5 Å². The minimum absolute atomic E-state index is 0.353. The second kappa shape index (κ2) is 6.51. The van der Waals surface area contributed by atoms with Crippen LogP contribution in [0, 0.1) is 11.3 Å². The molecule has 0 radical (unpaired) electrons. The molecule has 0 aliphatic heterocycles. The van der Waals surface area contributed by atoms with Crippen LogP contribution in [-0.4, -0.2) is 11.5 Å². The molecule has 106 valence electrons. The third-order valence-electron chi connectivity index (χ3n) is 4.42. The van der Waals surface area contributed by atoms with Crippen molar-refractivity contribution in [3.8, 4) is 0 Å². The van der Waals surface area contributed by atoms with Crippen molar-refractivity contribution in [3.05, 3.63) is 30.1 Å². The number of nitrogens with one attached hydrogen (secondary N) is 1. The Hall–Kier alpha value is -0.890. The summed E-state index contributed by atoms with van der Waals surface area (Å²) < 4.78 is 0. The minimum atomic E-state index is 0.353. The Labute approximate surface area is 118 Å². The van der Waals surface area contributed by atoms with Crippen molar-refractivity contribution in [2.45, 2.75) is 58.9 Å². The van der Waals surface area contributed by atoms with Crippen molar-refractivity contribution >= 4 is 0 Å². The molecular formula is C17H28N2. The quantitative estimate of drug-likeness (QED) is 0.823. The van der Waals surface area contributed by atoms with E-state index in [0.717, 1.165) is 18.2 Å². The summed E-state index contributed by atoms with van der Waals surface area (Å²) in [6.07, 6.45) is 8.85. The first-order valence-corrected chi connectivity index (χ1v) is 7.76. The standard InChI is InChI=1S/C17H28N2/c1-14(2)12-17(9-5-6-10-17)13-19-15(3)16-8-4-7-11-18-16/h4,7-8,11,14-15,19H,5-6,9-10,12-13H2,1-3H3. The first kappa shape index (κ1) is 14.5. The molecule has 0 amide bonds. The monoisotopic (exact) mass is 260 g/mol. The number of nitrogens with zero attached hydrogens (tertiary/aromatic N) is 1. The highest BCUT2D eigenvalue weighted by atomic mass is 14.9. The zero-order valence-corrected chi connectivity index (χ0v) is 12.7. The van der Waals surface area contributed by atoms with E-state index in [1.54, 1.807) is 0 Å². The molecule has 1 fully saturated rings. The van der Waals surface area contributed by atoms with Crippen LogP contribution < -0.4 is 5.32 Å². The molecule has 19 heavy (non-hydrogen) atoms. The van der Waals surface area contributed by atoms with Gasteiger partial charge in [-0.1, -0.05) is 32.8 Å². The molecule has 0 bridgehead atoms. The molecule has 1 aliphatic rings. The first-order valence-electron chi connectivity index (χ1n) is 7.76. The van der Waals surface area contributed by atoms with Gasteiger partial charge in [-0.2, -0.15) is 0 Å². The van der Waals surface area contributed by atoms with Crippen molar-refractivity contribution in [2.75, 3.05) is 6.54 Å². The van der Waals surface area contributed by atoms with Gasteiger partial charge < -0.3 is 5.32 Å². The summed E-state index contributed by atoms with van der Waals surface area (Å²) in [6, 6.07) is 6.51. The van der Waals surface area contributed by atoms with Gasteiger partial charge in [0, 0.05) is 18.8 Å². The van der Waals surface area contributed by atoms with Gasteiger partial charge in [-0.25, -0.2) is 0 Å². The molecule has 1 N–H and O–H groups in total. The molecule has 2 rings (SSSR count). The van der Waals surface area contributed by atoms with Crippen LogP contribution in [0.1, 0.15) is 64.6 Å². The summed E-state index contributed by atoms with van der Waals surface area (Å²) in [5.74, 6) is 0.796. The minimum Gasteiger partial charge on any atom is -0.308 e. The zero-order chi connectivity index (χ0) is 13.7. The number of hydrogen-bond donors (Lipinski definition) is 1. The third kappa shape index (κ3) is 4.04. The summed E-state index contributed by atoms with van der Waals surface area (Å²) in [7, 11) is 0. The van der Waals surface area contributed by atoms with Gasteiger partial charge in [0.2, 0.25) is 0 Å². The normalized spacial score (nSPS) is 19.8. The van der Waals surface area contributed by atoms with E-state index in [4.69, 9.17) is 0 Å². The SMILES string of the molecule is CC(C)CC1(CNC(C)c2ccccn2)CCCC1. The van der Waals surface area contributed by atoms with Gasteiger partial charge >= 0.3 is 0 Å². The lowest BCUT2D eigenvalue weighted by atomic mass is 9.78. The summed E-state index contributed by atoms with van der Waals surface area (Å²) in [5.41, 5.74) is 1.69. The van der Waals surface area contributed by atoms with Crippen molar-refractivity contribution < 1.29 is 0 Å². The Kier molecular flexibility index (Phi) is 4.98. The second-order valence-electron chi connectivity index (χ2n) is 6.66. The Morgan fingerprint density at radius 3 is 2.53 bits per heavy atom. The Morgan fingerprint density at radius 1 is 1.21 bits per heavy atom. The highest BCUT2D eigenvalue weighted by Gasteiger charge is 2.34. The van der Waals surface area contributed by atoms with Crippen LogP contribution in [0.3, 0.4) is 0 Å². The largest absolute Gasteiger partial charge is 0.308 e. The van der Waals surface area contributed by atoms with Crippen molar-refractivity contribution in [2.24, 2.45) is 11.3 Å². The Balaban J connectivity index is 1.92. The maximum Gasteiger partial charge on any atom is 0.0570 e. The molecule has 0 aromatic carbocycles. The zero-order valence-electron chi connectivity index (χ0n) is 12.7. The van der Waals surface area contributed by atoms with E-state index in [9.17, 15) is 0 Å². The van der Waals surface area contributed by atoms with Gasteiger partial charge in [0.1, 0.15) is 0 Å². The van der Waals surface area contributed by atoms with Gasteiger partial charge in [-0.05, 0) is 49.7 Å². The molecule has 1 atom stereocenters. The summed E-state index contributed by atoms with van der Waals surface area (Å²) in [4.78, 5) is 4.45. The van der Waals surface area contributed by atoms with Crippen molar-refractivity contribution in [1.29, 1.82) is 0 Å². The van der Waals surface area contributed by atoms with E-state index in [1.807, 2.05) is 12.3 Å². The van der Waals surface area contributed by atoms with E-state index in [2.05, 4.69) is 43.2 Å². The Bertz CT molecular complexity index is 366. The molecule has 2 nitrogen and oxygen atoms in total. The number of aromatic nitrogens is 1. The van der Waals surface area contributed by atoms with Crippen LogP contribution in [0.25, 0.3) is 0 Å². The maximum atomic E-state index is 4.45. The third-order valence-corrected chi connectivity index (χ3v) is 4.42. The van der Waals surface area contributed by atoms with Gasteiger partial charge in [0.05, 0.1) is 5.69 Å². The van der Waals surface area contributed by atoms with Gasteiger partial charge in [-0.3, -0.25) is 4.98 Å². The van der Waals surface area contributed by atoms with Gasteiger partial charge in [0.25, 0.3) is 0 Å². The van der Waals surface area contributed by atoms with E-state index in [1.165, 1.54) is 32.1 Å². The molecular weight excluding hydrogens is 232 g/mol. The Morgan fingerprint density at radius 2 is 1.95 bits per heavy atom. The highest BCUT2D eigenvalue weighted by molar-refractivity contribution is 5.07. The fourth-order valence-corrected chi connectivity index (χ4v) is 3.55. The lowest BCUT2D eigenvalue weighted by molar-refractivity contribution is 0.216. The molecule has 1 heterocycles. The van der Waals surface area contributed by atoms with Crippen LogP contribution in [0.2, 0.25) is 0 Å². The number of pyridine rings is 1. The molecule has 1 aliphatic carbocycles. The predicted octanol–water partition coefficient (Wildman–Crippen LogP) is 4.34. The van der Waals surface area contributed by atoms with E-state index >= 15 is 0 Å². The van der Waals surface area contributed by atoms with Crippen LogP contribution in [0.15, 0.2) is 24.4 Å². The average molecular weight is 260 g/mol. The topological polar surface area (TPSA) is 24.9 Å². The molecule has 1 unspecified atom stereocenters. The lowest BCUT2D eigenvalue weighted by Gasteiger charge is -2.32. The van der Waals surface area contributed by atoms with Crippen LogP contribution in [-0.2, 0) is 0 Å². The van der Waals surface area contributed by atoms with Crippen molar-refractivity contribution in [1.82, 2.24) is 10.3 Å². The van der Waals surface area contributed by atoms with Gasteiger partial charge in [0.15, 0.2) is 0 Å². The average Bonchev–Trinajstić information content (AvgIpc) is 2.85. The van der Waals surface area contributed by atoms with Crippen LogP contribution in [0.4, 0.5) is 0 Å². The molecule has 1 aromatic heterocycles. The van der Waals surface area contributed by atoms with Crippen LogP contribution >= 0.6 is 0 Å². The summed E-state index contributed by atoms with van der Waals surface area (Å²) in [6.45, 7) is 8.06. The molecule has 0 spiro atoms. The highest BCUT2D eigenvalue weighted by Crippen LogP contribution is 2.42. The van der Waals surface area contributed by atoms with E-state index < -0.39 is 0 Å². The van der Waals surface area contributed by atoms with Gasteiger partial charge in [-0.15, -0.1) is 0 Å². The second-order valence-corrected chi connectivity index (χ2v) is 6.66. The fourth-order valence-electron chi connectivity index (χ4n) is 3.55. The van der Waals surface area contributed by atoms with Crippen LogP contribution in [0.5, 0.6) is 0 Å². The molecule has 0 saturated heterocycles. The predicted molar refractivity (Wildman–Crippen MR) is 81.0 cm³/mol. The van der Waals surface area contributed by atoms with E-state index in [-0.39, 0.29) is 0 Å². The molecule has 1 aromatic rings. The summed E-state index contributed by atoms with van der Waals surface area (Å²) in [5, 5.41) is 3.72. The number of rotatable bonds is 6. The summed E-state index contributed by atoms with van der Waals surface area (Å²) >= 11 is 0.